The summed E-state index contributed by atoms with van der Waals surface area (Å²) >= 11 is 1.87. The van der Waals surface area contributed by atoms with Crippen LogP contribution in [0.25, 0.3) is 10.8 Å². The van der Waals surface area contributed by atoms with Gasteiger partial charge in [-0.25, -0.2) is 0 Å². The molecule has 0 saturated carbocycles. The second-order valence-corrected chi connectivity index (χ2v) is 6.15. The maximum absolute atomic E-state index is 4.15. The molecule has 3 aromatic rings. The van der Waals surface area contributed by atoms with Gasteiger partial charge in [-0.15, -0.1) is 11.8 Å². The fourth-order valence-corrected chi connectivity index (χ4v) is 3.12. The van der Waals surface area contributed by atoms with Gasteiger partial charge in [0, 0.05) is 34.9 Å². The second-order valence-electron chi connectivity index (χ2n) is 4.84. The molecule has 0 spiro atoms. The van der Waals surface area contributed by atoms with E-state index in [1.807, 2.05) is 24.2 Å². The smallest absolute Gasteiger partial charge is 0.0481 e. The minimum atomic E-state index is 0.833. The molecular weight excluding hydrogens is 276 g/mol. The summed E-state index contributed by atoms with van der Waals surface area (Å²) < 4.78 is 0. The number of thioether (sulfide) groups is 1. The van der Waals surface area contributed by atoms with Crippen molar-refractivity contribution < 1.29 is 0 Å². The van der Waals surface area contributed by atoms with Gasteiger partial charge in [0.15, 0.2) is 0 Å². The normalized spacial score (nSPS) is 10.7. The average Bonchev–Trinajstić information content (AvgIpc) is 2.54. The van der Waals surface area contributed by atoms with Crippen LogP contribution in [0.2, 0.25) is 0 Å². The van der Waals surface area contributed by atoms with Gasteiger partial charge in [-0.05, 0) is 41.0 Å². The molecule has 106 valence electrons. The Morgan fingerprint density at radius 2 is 1.95 bits per heavy atom. The first-order valence-corrected chi connectivity index (χ1v) is 8.14. The summed E-state index contributed by atoms with van der Waals surface area (Å²) in [5, 5.41) is 5.96. The van der Waals surface area contributed by atoms with Gasteiger partial charge in [-0.1, -0.05) is 31.2 Å². The monoisotopic (exact) mass is 294 g/mol. The third-order valence-electron chi connectivity index (χ3n) is 3.37. The maximum Gasteiger partial charge on any atom is 0.0481 e. The highest BCUT2D eigenvalue weighted by Crippen LogP contribution is 2.27. The van der Waals surface area contributed by atoms with Crippen molar-refractivity contribution in [2.24, 2.45) is 0 Å². The number of aromatic nitrogens is 1. The maximum atomic E-state index is 4.15. The van der Waals surface area contributed by atoms with Crippen molar-refractivity contribution >= 4 is 28.2 Å². The molecule has 3 rings (SSSR count). The number of hydrogen-bond acceptors (Lipinski definition) is 3. The van der Waals surface area contributed by atoms with Crippen molar-refractivity contribution in [1.29, 1.82) is 0 Å². The first-order valence-electron chi connectivity index (χ1n) is 7.15. The molecule has 0 aliphatic carbocycles. The van der Waals surface area contributed by atoms with Crippen molar-refractivity contribution in [3.63, 3.8) is 0 Å². The van der Waals surface area contributed by atoms with Crippen molar-refractivity contribution in [2.75, 3.05) is 11.1 Å². The minimum Gasteiger partial charge on any atom is -0.380 e. The summed E-state index contributed by atoms with van der Waals surface area (Å²) in [6.07, 6.45) is 3.74. The molecule has 2 nitrogen and oxygen atoms in total. The van der Waals surface area contributed by atoms with Gasteiger partial charge in [0.25, 0.3) is 0 Å². The SMILES string of the molecule is CCSc1ccccc1NCc1ccc2cnccc2c1. The zero-order valence-corrected chi connectivity index (χ0v) is 12.9. The second kappa shape index (κ2) is 6.64. The van der Waals surface area contributed by atoms with Crippen LogP contribution in [-0.4, -0.2) is 10.7 Å². The number of anilines is 1. The van der Waals surface area contributed by atoms with Gasteiger partial charge >= 0.3 is 0 Å². The molecule has 1 heterocycles. The molecule has 1 aromatic heterocycles. The summed E-state index contributed by atoms with van der Waals surface area (Å²) in [5.41, 5.74) is 2.49. The first kappa shape index (κ1) is 14.0. The van der Waals surface area contributed by atoms with Gasteiger partial charge in [0.1, 0.15) is 0 Å². The Morgan fingerprint density at radius 1 is 1.05 bits per heavy atom. The zero-order chi connectivity index (χ0) is 14.5. The number of rotatable bonds is 5. The first-order chi connectivity index (χ1) is 10.4. The summed E-state index contributed by atoms with van der Waals surface area (Å²) in [5.74, 6) is 1.08. The standard InChI is InChI=1S/C18H18N2S/c1-2-21-18-6-4-3-5-17(18)20-12-14-7-8-16-13-19-10-9-15(16)11-14/h3-11,13,20H,2,12H2,1H3. The lowest BCUT2D eigenvalue weighted by Gasteiger charge is -2.11. The molecule has 0 saturated heterocycles. The van der Waals surface area contributed by atoms with Crippen LogP contribution in [0, 0.1) is 0 Å². The van der Waals surface area contributed by atoms with Gasteiger partial charge in [-0.2, -0.15) is 0 Å². The van der Waals surface area contributed by atoms with Crippen LogP contribution in [0.1, 0.15) is 12.5 Å². The van der Waals surface area contributed by atoms with E-state index in [0.29, 0.717) is 0 Å². The Morgan fingerprint density at radius 3 is 2.86 bits per heavy atom. The molecule has 21 heavy (non-hydrogen) atoms. The molecule has 0 bridgehead atoms. The Bertz CT molecular complexity index is 740. The van der Waals surface area contributed by atoms with Crippen LogP contribution in [0.4, 0.5) is 5.69 Å². The molecule has 0 atom stereocenters. The third kappa shape index (κ3) is 3.37. The number of fused-ring (bicyclic) bond motifs is 1. The highest BCUT2D eigenvalue weighted by Gasteiger charge is 2.02. The molecule has 1 N–H and O–H groups in total. The van der Waals surface area contributed by atoms with E-state index < -0.39 is 0 Å². The summed E-state index contributed by atoms with van der Waals surface area (Å²) in [4.78, 5) is 5.46. The van der Waals surface area contributed by atoms with Crippen LogP contribution in [0.5, 0.6) is 0 Å². The van der Waals surface area contributed by atoms with Crippen LogP contribution in [0.3, 0.4) is 0 Å². The molecule has 3 heteroatoms. The number of hydrogen-bond donors (Lipinski definition) is 1. The molecule has 2 aromatic carbocycles. The zero-order valence-electron chi connectivity index (χ0n) is 12.0. The fourth-order valence-electron chi connectivity index (χ4n) is 2.33. The predicted molar refractivity (Wildman–Crippen MR) is 91.9 cm³/mol. The minimum absolute atomic E-state index is 0.833. The van der Waals surface area contributed by atoms with E-state index in [0.717, 1.165) is 12.3 Å². The van der Waals surface area contributed by atoms with Crippen LogP contribution < -0.4 is 5.32 Å². The highest BCUT2D eigenvalue weighted by atomic mass is 32.2. The lowest BCUT2D eigenvalue weighted by Crippen LogP contribution is -2.00. The van der Waals surface area contributed by atoms with E-state index >= 15 is 0 Å². The van der Waals surface area contributed by atoms with Crippen molar-refractivity contribution in [3.8, 4) is 0 Å². The van der Waals surface area contributed by atoms with Crippen molar-refractivity contribution in [2.45, 2.75) is 18.4 Å². The van der Waals surface area contributed by atoms with Crippen LogP contribution in [-0.2, 0) is 6.54 Å². The van der Waals surface area contributed by atoms with Crippen LogP contribution in [0.15, 0.2) is 65.8 Å². The Hall–Kier alpha value is -2.00. The van der Waals surface area contributed by atoms with Gasteiger partial charge < -0.3 is 5.32 Å². The Kier molecular flexibility index (Phi) is 4.41. The van der Waals surface area contributed by atoms with Gasteiger partial charge in [-0.3, -0.25) is 4.98 Å². The predicted octanol–water partition coefficient (Wildman–Crippen LogP) is 4.96. The molecule has 0 fully saturated rings. The number of nitrogens with zero attached hydrogens (tertiary/aromatic N) is 1. The topological polar surface area (TPSA) is 24.9 Å². The van der Waals surface area contributed by atoms with E-state index in [9.17, 15) is 0 Å². The quantitative estimate of drug-likeness (QED) is 0.673. The van der Waals surface area contributed by atoms with Crippen LogP contribution >= 0.6 is 11.8 Å². The summed E-state index contributed by atoms with van der Waals surface area (Å²) in [7, 11) is 0. The van der Waals surface area contributed by atoms with Crippen molar-refractivity contribution in [3.05, 3.63) is 66.5 Å². The molecule has 0 unspecified atom stereocenters. The van der Waals surface area contributed by atoms with E-state index in [1.54, 1.807) is 0 Å². The molecule has 0 amide bonds. The molecular formula is C18H18N2S. The number of benzene rings is 2. The summed E-state index contributed by atoms with van der Waals surface area (Å²) in [6.45, 7) is 3.01. The summed E-state index contributed by atoms with van der Waals surface area (Å²) in [6, 6.07) is 17.0. The number of pyridine rings is 1. The Balaban J connectivity index is 1.77. The third-order valence-corrected chi connectivity index (χ3v) is 4.33. The van der Waals surface area contributed by atoms with E-state index in [4.69, 9.17) is 0 Å². The number of para-hydroxylation sites is 1. The van der Waals surface area contributed by atoms with Gasteiger partial charge in [0.05, 0.1) is 0 Å². The lowest BCUT2D eigenvalue weighted by atomic mass is 10.1. The largest absolute Gasteiger partial charge is 0.380 e. The molecule has 0 radical (unpaired) electrons. The molecule has 0 aliphatic rings. The van der Waals surface area contributed by atoms with Crippen molar-refractivity contribution in [1.82, 2.24) is 4.98 Å². The fraction of sp³-hybridized carbons (Fsp3) is 0.167. The van der Waals surface area contributed by atoms with E-state index in [-0.39, 0.29) is 0 Å². The van der Waals surface area contributed by atoms with E-state index in [1.165, 1.54) is 26.9 Å². The van der Waals surface area contributed by atoms with Gasteiger partial charge in [0.2, 0.25) is 0 Å². The number of nitrogens with one attached hydrogen (secondary N) is 1. The molecule has 0 aliphatic heterocycles. The van der Waals surface area contributed by atoms with E-state index in [2.05, 4.69) is 65.8 Å². The average molecular weight is 294 g/mol. The highest BCUT2D eigenvalue weighted by molar-refractivity contribution is 7.99. The Labute approximate surface area is 129 Å². The lowest BCUT2D eigenvalue weighted by molar-refractivity contribution is 1.13.